The Morgan fingerprint density at radius 2 is 2.12 bits per heavy atom. The van der Waals surface area contributed by atoms with Gasteiger partial charge >= 0.3 is 0 Å². The molecule has 0 unspecified atom stereocenters. The van der Waals surface area contributed by atoms with Crippen molar-refractivity contribution < 1.29 is 9.53 Å². The Morgan fingerprint density at radius 3 is 2.81 bits per heavy atom. The molecule has 7 heteroatoms. The molecule has 0 spiro atoms. The predicted octanol–water partition coefficient (Wildman–Crippen LogP) is 1.54. The van der Waals surface area contributed by atoms with E-state index >= 15 is 0 Å². The summed E-state index contributed by atoms with van der Waals surface area (Å²) in [4.78, 5) is 23.1. The van der Waals surface area contributed by atoms with Crippen molar-refractivity contribution in [2.24, 2.45) is 7.05 Å². The number of ether oxygens (including phenoxy) is 1. The standard InChI is InChI=1S/C19H27N5O2/c1-13-9-16(21-12-20-13)5-6-17-11-24(7-8-26-17)19(25)10-18-14(2)22-23(4)15(18)3/h9,12,17H,5-8,10-11H2,1-4H3/t17-/m1/s1. The van der Waals surface area contributed by atoms with Crippen molar-refractivity contribution >= 4 is 5.91 Å². The van der Waals surface area contributed by atoms with Gasteiger partial charge in [0.2, 0.25) is 5.91 Å². The second-order valence-electron chi connectivity index (χ2n) is 6.97. The molecule has 0 N–H and O–H groups in total. The average molecular weight is 357 g/mol. The minimum atomic E-state index is 0.0547. The van der Waals surface area contributed by atoms with Crippen molar-refractivity contribution in [1.82, 2.24) is 24.6 Å². The molecule has 26 heavy (non-hydrogen) atoms. The molecule has 1 atom stereocenters. The lowest BCUT2D eigenvalue weighted by atomic mass is 10.1. The topological polar surface area (TPSA) is 73.1 Å². The fraction of sp³-hybridized carbons (Fsp3) is 0.579. The van der Waals surface area contributed by atoms with Gasteiger partial charge in [0.1, 0.15) is 6.33 Å². The van der Waals surface area contributed by atoms with Crippen LogP contribution in [0.1, 0.15) is 34.8 Å². The largest absolute Gasteiger partial charge is 0.375 e. The van der Waals surface area contributed by atoms with Crippen LogP contribution in [0.4, 0.5) is 0 Å². The lowest BCUT2D eigenvalue weighted by Crippen LogP contribution is -2.46. The highest BCUT2D eigenvalue weighted by atomic mass is 16.5. The molecule has 2 aromatic rings. The minimum Gasteiger partial charge on any atom is -0.375 e. The zero-order valence-corrected chi connectivity index (χ0v) is 16.0. The van der Waals surface area contributed by atoms with E-state index in [1.54, 1.807) is 6.33 Å². The normalized spacial score (nSPS) is 17.5. The van der Waals surface area contributed by atoms with E-state index in [0.29, 0.717) is 26.1 Å². The van der Waals surface area contributed by atoms with Gasteiger partial charge in [0.25, 0.3) is 0 Å². The summed E-state index contributed by atoms with van der Waals surface area (Å²) < 4.78 is 7.70. The third kappa shape index (κ3) is 4.27. The Hall–Kier alpha value is -2.28. The van der Waals surface area contributed by atoms with Gasteiger partial charge in [-0.2, -0.15) is 5.10 Å². The van der Waals surface area contributed by atoms with Crippen LogP contribution >= 0.6 is 0 Å². The number of carbonyl (C=O) groups is 1. The van der Waals surface area contributed by atoms with Crippen LogP contribution in [0.25, 0.3) is 0 Å². The van der Waals surface area contributed by atoms with E-state index in [0.717, 1.165) is 41.2 Å². The minimum absolute atomic E-state index is 0.0547. The zero-order valence-electron chi connectivity index (χ0n) is 16.0. The summed E-state index contributed by atoms with van der Waals surface area (Å²) in [5.74, 6) is 0.149. The first-order valence-electron chi connectivity index (χ1n) is 9.10. The molecule has 7 nitrogen and oxygen atoms in total. The number of amides is 1. The summed E-state index contributed by atoms with van der Waals surface area (Å²) in [5.41, 5.74) is 5.02. The van der Waals surface area contributed by atoms with Crippen molar-refractivity contribution in [3.05, 3.63) is 40.7 Å². The highest BCUT2D eigenvalue weighted by Gasteiger charge is 2.25. The van der Waals surface area contributed by atoms with Gasteiger partial charge in [-0.15, -0.1) is 0 Å². The quantitative estimate of drug-likeness (QED) is 0.811. The SMILES string of the molecule is Cc1cc(CC[C@@H]2CN(C(=O)Cc3c(C)nn(C)c3C)CCO2)ncn1. The maximum absolute atomic E-state index is 12.8. The second-order valence-corrected chi connectivity index (χ2v) is 6.97. The molecule has 3 rings (SSSR count). The second kappa shape index (κ2) is 7.95. The van der Waals surface area contributed by atoms with E-state index in [9.17, 15) is 4.79 Å². The molecule has 1 amide bonds. The molecule has 1 fully saturated rings. The maximum Gasteiger partial charge on any atom is 0.227 e. The number of carbonyl (C=O) groups excluding carboxylic acids is 1. The molecule has 0 aromatic carbocycles. The molecule has 1 saturated heterocycles. The number of hydrogen-bond donors (Lipinski definition) is 0. The third-order valence-electron chi connectivity index (χ3n) is 5.06. The summed E-state index contributed by atoms with van der Waals surface area (Å²) >= 11 is 0. The zero-order chi connectivity index (χ0) is 18.7. The van der Waals surface area contributed by atoms with Crippen LogP contribution in [0.5, 0.6) is 0 Å². The van der Waals surface area contributed by atoms with E-state index in [1.807, 2.05) is 43.5 Å². The molecule has 3 heterocycles. The van der Waals surface area contributed by atoms with Crippen molar-refractivity contribution in [1.29, 1.82) is 0 Å². The molecule has 0 saturated carbocycles. The number of rotatable bonds is 5. The van der Waals surface area contributed by atoms with Crippen molar-refractivity contribution in [2.75, 3.05) is 19.7 Å². The van der Waals surface area contributed by atoms with E-state index < -0.39 is 0 Å². The van der Waals surface area contributed by atoms with E-state index in [1.165, 1.54) is 0 Å². The van der Waals surface area contributed by atoms with E-state index in [4.69, 9.17) is 4.74 Å². The fourth-order valence-electron chi connectivity index (χ4n) is 3.41. The fourth-order valence-corrected chi connectivity index (χ4v) is 3.41. The summed E-state index contributed by atoms with van der Waals surface area (Å²) in [6.07, 6.45) is 3.74. The highest BCUT2D eigenvalue weighted by molar-refractivity contribution is 5.79. The summed E-state index contributed by atoms with van der Waals surface area (Å²) in [7, 11) is 1.91. The number of aryl methyl sites for hydroxylation is 4. The Labute approximate surface area is 154 Å². The predicted molar refractivity (Wildman–Crippen MR) is 97.8 cm³/mol. The smallest absolute Gasteiger partial charge is 0.227 e. The molecule has 0 aliphatic carbocycles. The first kappa shape index (κ1) is 18.5. The maximum atomic E-state index is 12.8. The van der Waals surface area contributed by atoms with Gasteiger partial charge in [-0.1, -0.05) is 0 Å². The summed E-state index contributed by atoms with van der Waals surface area (Å²) in [6.45, 7) is 7.81. The van der Waals surface area contributed by atoms with Gasteiger partial charge in [0.05, 0.1) is 24.8 Å². The number of morpholine rings is 1. The average Bonchev–Trinajstić information content (AvgIpc) is 2.86. The molecule has 0 bridgehead atoms. The van der Waals surface area contributed by atoms with Crippen LogP contribution in [0.15, 0.2) is 12.4 Å². The van der Waals surface area contributed by atoms with Crippen molar-refractivity contribution in [3.8, 4) is 0 Å². The van der Waals surface area contributed by atoms with Gasteiger partial charge in [0.15, 0.2) is 0 Å². The Bertz CT molecular complexity index is 786. The van der Waals surface area contributed by atoms with E-state index in [-0.39, 0.29) is 12.0 Å². The van der Waals surface area contributed by atoms with Crippen LogP contribution in [0.3, 0.4) is 0 Å². The molecule has 0 radical (unpaired) electrons. The van der Waals surface area contributed by atoms with Gasteiger partial charge in [-0.05, 0) is 39.7 Å². The first-order chi connectivity index (χ1) is 12.4. The molecule has 1 aliphatic rings. The van der Waals surface area contributed by atoms with Crippen LogP contribution in [-0.2, 0) is 29.4 Å². The van der Waals surface area contributed by atoms with Crippen molar-refractivity contribution in [3.63, 3.8) is 0 Å². The summed E-state index contributed by atoms with van der Waals surface area (Å²) in [5, 5.41) is 4.40. The Balaban J connectivity index is 1.56. The van der Waals surface area contributed by atoms with Gasteiger partial charge in [0, 0.05) is 42.8 Å². The van der Waals surface area contributed by atoms with Crippen LogP contribution < -0.4 is 0 Å². The number of aromatic nitrogens is 4. The van der Waals surface area contributed by atoms with Crippen molar-refractivity contribution in [2.45, 2.75) is 46.1 Å². The Morgan fingerprint density at radius 1 is 1.31 bits per heavy atom. The number of hydrogen-bond acceptors (Lipinski definition) is 5. The van der Waals surface area contributed by atoms with Crippen LogP contribution in [0.2, 0.25) is 0 Å². The summed E-state index contributed by atoms with van der Waals surface area (Å²) in [6, 6.07) is 2.00. The lowest BCUT2D eigenvalue weighted by molar-refractivity contribution is -0.138. The number of nitrogens with zero attached hydrogens (tertiary/aromatic N) is 5. The van der Waals surface area contributed by atoms with Gasteiger partial charge < -0.3 is 9.64 Å². The lowest BCUT2D eigenvalue weighted by Gasteiger charge is -2.33. The van der Waals surface area contributed by atoms with Crippen LogP contribution in [-0.4, -0.2) is 56.4 Å². The molecular weight excluding hydrogens is 330 g/mol. The van der Waals surface area contributed by atoms with Gasteiger partial charge in [-0.3, -0.25) is 9.48 Å². The Kier molecular flexibility index (Phi) is 5.66. The van der Waals surface area contributed by atoms with Gasteiger partial charge in [-0.25, -0.2) is 9.97 Å². The molecular formula is C19H27N5O2. The molecule has 140 valence electrons. The molecule has 2 aromatic heterocycles. The first-order valence-corrected chi connectivity index (χ1v) is 9.10. The third-order valence-corrected chi connectivity index (χ3v) is 5.06. The molecule has 1 aliphatic heterocycles. The highest BCUT2D eigenvalue weighted by Crippen LogP contribution is 2.17. The van der Waals surface area contributed by atoms with Crippen LogP contribution in [0, 0.1) is 20.8 Å². The monoisotopic (exact) mass is 357 g/mol. The van der Waals surface area contributed by atoms with E-state index in [2.05, 4.69) is 15.1 Å².